The molecule has 26 heavy (non-hydrogen) atoms. The number of anilines is 1. The van der Waals surface area contributed by atoms with Crippen LogP contribution in [0.2, 0.25) is 10.0 Å². The molecule has 1 heterocycles. The van der Waals surface area contributed by atoms with Crippen LogP contribution in [0.5, 0.6) is 0 Å². The van der Waals surface area contributed by atoms with Crippen molar-refractivity contribution in [2.45, 2.75) is 18.6 Å². The molecule has 3 nitrogen and oxygen atoms in total. The first kappa shape index (κ1) is 19.4. The molecule has 1 N–H and O–H groups in total. The number of benzene rings is 2. The Kier molecular flexibility index (Phi) is 7.12. The van der Waals surface area contributed by atoms with Crippen LogP contribution in [0.15, 0.2) is 42.5 Å². The summed E-state index contributed by atoms with van der Waals surface area (Å²) in [5, 5.41) is 4.11. The van der Waals surface area contributed by atoms with Crippen LogP contribution < -0.4 is 10.2 Å². The average Bonchev–Trinajstić information content (AvgIpc) is 3.05. The van der Waals surface area contributed by atoms with Crippen molar-refractivity contribution >= 4 is 46.6 Å². The van der Waals surface area contributed by atoms with Crippen molar-refractivity contribution in [3.63, 3.8) is 0 Å². The van der Waals surface area contributed by atoms with Gasteiger partial charge >= 0.3 is 0 Å². The number of amides is 1. The second-order valence-electron chi connectivity index (χ2n) is 6.31. The highest BCUT2D eigenvalue weighted by Crippen LogP contribution is 2.27. The highest BCUT2D eigenvalue weighted by Gasteiger charge is 2.17. The molecule has 1 amide bonds. The number of nitrogens with one attached hydrogen (secondary N) is 1. The molecule has 0 aromatic heterocycles. The smallest absolute Gasteiger partial charge is 0.230 e. The maximum absolute atomic E-state index is 12.0. The molecule has 2 aromatic rings. The molecular weight excluding hydrogens is 387 g/mol. The summed E-state index contributed by atoms with van der Waals surface area (Å²) in [7, 11) is 0. The molecule has 0 saturated heterocycles. The molecule has 0 bridgehead atoms. The fourth-order valence-corrected chi connectivity index (χ4v) is 4.20. The SMILES string of the molecule is O=C(CSCc1ccc(Cl)c(Cl)c1)NCCCN1CCc2ccccc21. The summed E-state index contributed by atoms with van der Waals surface area (Å²) in [6.07, 6.45) is 2.07. The van der Waals surface area contributed by atoms with Crippen molar-refractivity contribution in [3.05, 3.63) is 63.6 Å². The molecule has 0 fully saturated rings. The molecule has 2 aromatic carbocycles. The predicted molar refractivity (Wildman–Crippen MR) is 113 cm³/mol. The first-order valence-electron chi connectivity index (χ1n) is 8.75. The van der Waals surface area contributed by atoms with Crippen molar-refractivity contribution in [2.24, 2.45) is 0 Å². The fraction of sp³-hybridized carbons (Fsp3) is 0.350. The number of carbonyl (C=O) groups is 1. The maximum atomic E-state index is 12.0. The van der Waals surface area contributed by atoms with Gasteiger partial charge in [0.2, 0.25) is 5.91 Å². The van der Waals surface area contributed by atoms with Crippen LogP contribution in [0.4, 0.5) is 5.69 Å². The van der Waals surface area contributed by atoms with Crippen LogP contribution in [0.1, 0.15) is 17.5 Å². The lowest BCUT2D eigenvalue weighted by Crippen LogP contribution is -2.30. The third-order valence-electron chi connectivity index (χ3n) is 4.40. The second kappa shape index (κ2) is 9.54. The fourth-order valence-electron chi connectivity index (χ4n) is 3.08. The Morgan fingerprint density at radius 3 is 2.85 bits per heavy atom. The predicted octanol–water partition coefficient (Wildman–Crippen LogP) is 4.80. The average molecular weight is 409 g/mol. The van der Waals surface area contributed by atoms with Gasteiger partial charge in [0.05, 0.1) is 15.8 Å². The largest absolute Gasteiger partial charge is 0.371 e. The van der Waals surface area contributed by atoms with Crippen LogP contribution in [-0.4, -0.2) is 31.3 Å². The van der Waals surface area contributed by atoms with E-state index in [-0.39, 0.29) is 5.91 Å². The Morgan fingerprint density at radius 2 is 2.00 bits per heavy atom. The molecule has 0 spiro atoms. The van der Waals surface area contributed by atoms with Crippen LogP contribution in [-0.2, 0) is 17.0 Å². The quantitative estimate of drug-likeness (QED) is 0.636. The lowest BCUT2D eigenvalue weighted by Gasteiger charge is -2.19. The van der Waals surface area contributed by atoms with Gasteiger partial charge in [-0.2, -0.15) is 0 Å². The Hall–Kier alpha value is -1.36. The maximum Gasteiger partial charge on any atom is 0.230 e. The number of hydrogen-bond donors (Lipinski definition) is 1. The van der Waals surface area contributed by atoms with Crippen LogP contribution >= 0.6 is 35.0 Å². The molecule has 6 heteroatoms. The highest BCUT2D eigenvalue weighted by atomic mass is 35.5. The van der Waals surface area contributed by atoms with Gasteiger partial charge in [0.15, 0.2) is 0 Å². The first-order valence-corrected chi connectivity index (χ1v) is 10.7. The standard InChI is InChI=1S/C20H22Cl2N2OS/c21-17-7-6-15(12-18(17)22)13-26-14-20(25)23-9-3-10-24-11-8-16-4-1-2-5-19(16)24/h1-2,4-7,12H,3,8-11,13-14H2,(H,23,25). The number of rotatable bonds is 8. The summed E-state index contributed by atoms with van der Waals surface area (Å²) >= 11 is 13.5. The van der Waals surface area contributed by atoms with Gasteiger partial charge in [-0.25, -0.2) is 0 Å². The Bertz CT molecular complexity index is 769. The first-order chi connectivity index (χ1) is 12.6. The number of nitrogens with zero attached hydrogens (tertiary/aromatic N) is 1. The van der Waals surface area contributed by atoms with Crippen molar-refractivity contribution in [1.82, 2.24) is 5.32 Å². The van der Waals surface area contributed by atoms with Crippen LogP contribution in [0.3, 0.4) is 0 Å². The lowest BCUT2D eigenvalue weighted by atomic mass is 10.2. The van der Waals surface area contributed by atoms with Gasteiger partial charge in [0.1, 0.15) is 0 Å². The Morgan fingerprint density at radius 1 is 1.15 bits per heavy atom. The molecule has 0 aliphatic carbocycles. The van der Waals surface area contributed by atoms with Gasteiger partial charge in [0.25, 0.3) is 0 Å². The van der Waals surface area contributed by atoms with Gasteiger partial charge in [-0.05, 0) is 42.2 Å². The van der Waals surface area contributed by atoms with E-state index < -0.39 is 0 Å². The molecule has 1 aliphatic heterocycles. The highest BCUT2D eigenvalue weighted by molar-refractivity contribution is 7.99. The van der Waals surface area contributed by atoms with E-state index in [0.29, 0.717) is 22.3 Å². The van der Waals surface area contributed by atoms with Gasteiger partial charge in [-0.3, -0.25) is 4.79 Å². The summed E-state index contributed by atoms with van der Waals surface area (Å²) in [6, 6.07) is 14.1. The van der Waals surface area contributed by atoms with Crippen molar-refractivity contribution in [3.8, 4) is 0 Å². The van der Waals surface area contributed by atoms with E-state index >= 15 is 0 Å². The third-order valence-corrected chi connectivity index (χ3v) is 6.14. The minimum Gasteiger partial charge on any atom is -0.371 e. The van der Waals surface area contributed by atoms with E-state index in [9.17, 15) is 4.79 Å². The van der Waals surface area contributed by atoms with Crippen molar-refractivity contribution in [1.29, 1.82) is 0 Å². The number of thioether (sulfide) groups is 1. The number of para-hydroxylation sites is 1. The van der Waals surface area contributed by atoms with E-state index in [2.05, 4.69) is 34.5 Å². The molecule has 3 rings (SSSR count). The third kappa shape index (κ3) is 5.32. The molecule has 0 atom stereocenters. The monoisotopic (exact) mass is 408 g/mol. The summed E-state index contributed by atoms with van der Waals surface area (Å²) in [6.45, 7) is 2.77. The van der Waals surface area contributed by atoms with E-state index in [4.69, 9.17) is 23.2 Å². The summed E-state index contributed by atoms with van der Waals surface area (Å²) in [4.78, 5) is 14.4. The lowest BCUT2D eigenvalue weighted by molar-refractivity contribution is -0.118. The number of carbonyl (C=O) groups excluding carboxylic acids is 1. The summed E-state index contributed by atoms with van der Waals surface area (Å²) < 4.78 is 0. The molecule has 0 radical (unpaired) electrons. The normalized spacial score (nSPS) is 12.9. The zero-order valence-electron chi connectivity index (χ0n) is 14.5. The number of hydrogen-bond acceptors (Lipinski definition) is 3. The molecule has 0 saturated carbocycles. The van der Waals surface area contributed by atoms with Crippen LogP contribution in [0.25, 0.3) is 0 Å². The van der Waals surface area contributed by atoms with Crippen LogP contribution in [0, 0.1) is 0 Å². The van der Waals surface area contributed by atoms with Gasteiger partial charge < -0.3 is 10.2 Å². The van der Waals surface area contributed by atoms with Gasteiger partial charge in [-0.15, -0.1) is 11.8 Å². The Labute approximate surface area is 169 Å². The second-order valence-corrected chi connectivity index (χ2v) is 8.11. The zero-order valence-corrected chi connectivity index (χ0v) is 16.8. The van der Waals surface area contributed by atoms with E-state index in [0.717, 1.165) is 37.2 Å². The van der Waals surface area contributed by atoms with E-state index in [1.54, 1.807) is 17.8 Å². The number of fused-ring (bicyclic) bond motifs is 1. The molecule has 1 aliphatic rings. The van der Waals surface area contributed by atoms with Crippen molar-refractivity contribution < 1.29 is 4.79 Å². The summed E-state index contributed by atoms with van der Waals surface area (Å²) in [5.74, 6) is 1.28. The molecule has 0 unspecified atom stereocenters. The molecule has 138 valence electrons. The minimum atomic E-state index is 0.0804. The zero-order chi connectivity index (χ0) is 18.4. The van der Waals surface area contributed by atoms with E-state index in [1.807, 2.05) is 12.1 Å². The van der Waals surface area contributed by atoms with E-state index in [1.165, 1.54) is 11.3 Å². The summed E-state index contributed by atoms with van der Waals surface area (Å²) in [5.41, 5.74) is 3.84. The number of halogens is 2. The van der Waals surface area contributed by atoms with Gasteiger partial charge in [-0.1, -0.05) is 47.5 Å². The topological polar surface area (TPSA) is 32.3 Å². The minimum absolute atomic E-state index is 0.0804. The van der Waals surface area contributed by atoms with Gasteiger partial charge in [0, 0.05) is 31.1 Å². The van der Waals surface area contributed by atoms with Crippen molar-refractivity contribution in [2.75, 3.05) is 30.3 Å². The molecular formula is C20H22Cl2N2OS. The Balaban J connectivity index is 1.30.